The lowest BCUT2D eigenvalue weighted by atomic mass is 10.1. The van der Waals surface area contributed by atoms with Crippen molar-refractivity contribution in [2.24, 2.45) is 0 Å². The van der Waals surface area contributed by atoms with Gasteiger partial charge in [-0.05, 0) is 24.3 Å². The summed E-state index contributed by atoms with van der Waals surface area (Å²) in [4.78, 5) is 23.9. The number of nitrogens with one attached hydrogen (secondary N) is 1. The molecule has 7 heteroatoms. The number of rotatable bonds is 5. The lowest BCUT2D eigenvalue weighted by Gasteiger charge is -2.09. The SMILES string of the molecule is C#CCNC(=O)COc1cc(O)c2c(=O)cc(-c3ccc(O)cc3)oc2c1. The first kappa shape index (κ1) is 17.9. The van der Waals surface area contributed by atoms with Crippen molar-refractivity contribution in [3.8, 4) is 40.9 Å². The van der Waals surface area contributed by atoms with Crippen LogP contribution in [0.25, 0.3) is 22.3 Å². The highest BCUT2D eigenvalue weighted by atomic mass is 16.5. The summed E-state index contributed by atoms with van der Waals surface area (Å²) >= 11 is 0. The average Bonchev–Trinajstić information content (AvgIpc) is 2.64. The molecule has 0 radical (unpaired) electrons. The van der Waals surface area contributed by atoms with E-state index in [1.54, 1.807) is 12.1 Å². The zero-order chi connectivity index (χ0) is 19.4. The second kappa shape index (κ2) is 7.54. The highest BCUT2D eigenvalue weighted by Gasteiger charge is 2.13. The Balaban J connectivity index is 1.95. The van der Waals surface area contributed by atoms with Crippen LogP contribution in [0, 0.1) is 12.3 Å². The Hall–Kier alpha value is -3.92. The zero-order valence-electron chi connectivity index (χ0n) is 14.1. The van der Waals surface area contributed by atoms with E-state index in [2.05, 4.69) is 11.2 Å². The smallest absolute Gasteiger partial charge is 0.258 e. The first-order valence-electron chi connectivity index (χ1n) is 7.91. The number of phenols is 2. The number of ether oxygens (including phenoxy) is 1. The van der Waals surface area contributed by atoms with Gasteiger partial charge in [0.05, 0.1) is 6.54 Å². The van der Waals surface area contributed by atoms with Gasteiger partial charge in [0.15, 0.2) is 12.0 Å². The minimum atomic E-state index is -0.435. The van der Waals surface area contributed by atoms with Crippen molar-refractivity contribution in [2.45, 2.75) is 0 Å². The topological polar surface area (TPSA) is 109 Å². The summed E-state index contributed by atoms with van der Waals surface area (Å²) in [5.74, 6) is 2.02. The molecule has 7 nitrogen and oxygen atoms in total. The monoisotopic (exact) mass is 365 g/mol. The molecule has 0 bridgehead atoms. The van der Waals surface area contributed by atoms with Crippen LogP contribution in [-0.4, -0.2) is 29.3 Å². The molecule has 0 aliphatic carbocycles. The second-order valence-electron chi connectivity index (χ2n) is 5.61. The number of hydrogen-bond donors (Lipinski definition) is 3. The molecular weight excluding hydrogens is 350 g/mol. The number of fused-ring (bicyclic) bond motifs is 1. The Morgan fingerprint density at radius 2 is 1.93 bits per heavy atom. The van der Waals surface area contributed by atoms with Crippen LogP contribution in [0.15, 0.2) is 51.7 Å². The van der Waals surface area contributed by atoms with Gasteiger partial charge in [-0.25, -0.2) is 0 Å². The maximum absolute atomic E-state index is 12.4. The molecule has 0 atom stereocenters. The molecule has 0 unspecified atom stereocenters. The predicted molar refractivity (Wildman–Crippen MR) is 98.6 cm³/mol. The average molecular weight is 365 g/mol. The highest BCUT2D eigenvalue weighted by Crippen LogP contribution is 2.31. The molecule has 0 aliphatic rings. The number of aromatic hydroxyl groups is 2. The lowest BCUT2D eigenvalue weighted by Crippen LogP contribution is -2.29. The van der Waals surface area contributed by atoms with Gasteiger partial charge in [-0.1, -0.05) is 5.92 Å². The van der Waals surface area contributed by atoms with Gasteiger partial charge in [0, 0.05) is 23.8 Å². The fourth-order valence-electron chi connectivity index (χ4n) is 2.44. The van der Waals surface area contributed by atoms with Gasteiger partial charge in [-0.15, -0.1) is 6.42 Å². The normalized spacial score (nSPS) is 10.3. The van der Waals surface area contributed by atoms with Crippen molar-refractivity contribution >= 4 is 16.9 Å². The summed E-state index contributed by atoms with van der Waals surface area (Å²) < 4.78 is 11.0. The summed E-state index contributed by atoms with van der Waals surface area (Å²) in [5.41, 5.74) is 0.242. The van der Waals surface area contributed by atoms with Crippen LogP contribution in [0.1, 0.15) is 0 Å². The number of amides is 1. The van der Waals surface area contributed by atoms with E-state index in [1.165, 1.54) is 30.3 Å². The summed E-state index contributed by atoms with van der Waals surface area (Å²) in [6, 6.07) is 10.0. The standard InChI is InChI=1S/C20H15NO6/c1-2-7-21-19(25)11-26-14-8-15(23)20-16(24)10-17(27-18(20)9-14)12-3-5-13(22)6-4-12/h1,3-6,8-10,22-23H,7,11H2,(H,21,25). The predicted octanol–water partition coefficient (Wildman–Crippen LogP) is 2.00. The van der Waals surface area contributed by atoms with Crippen LogP contribution in [0.4, 0.5) is 0 Å². The molecule has 3 rings (SSSR count). The summed E-state index contributed by atoms with van der Waals surface area (Å²) in [7, 11) is 0. The largest absolute Gasteiger partial charge is 0.508 e. The number of terminal acetylenes is 1. The third-order valence-corrected chi connectivity index (χ3v) is 3.69. The van der Waals surface area contributed by atoms with E-state index in [1.807, 2.05) is 0 Å². The Morgan fingerprint density at radius 1 is 1.19 bits per heavy atom. The first-order valence-corrected chi connectivity index (χ1v) is 7.91. The number of phenolic OH excluding ortho intramolecular Hbond substituents is 2. The Morgan fingerprint density at radius 3 is 2.63 bits per heavy atom. The van der Waals surface area contributed by atoms with Crippen molar-refractivity contribution in [2.75, 3.05) is 13.2 Å². The van der Waals surface area contributed by atoms with Crippen LogP contribution >= 0.6 is 0 Å². The number of carbonyl (C=O) groups excluding carboxylic acids is 1. The molecular formula is C20H15NO6. The van der Waals surface area contributed by atoms with Crippen LogP contribution < -0.4 is 15.5 Å². The van der Waals surface area contributed by atoms with Gasteiger partial charge in [0.25, 0.3) is 5.91 Å². The zero-order valence-corrected chi connectivity index (χ0v) is 14.1. The van der Waals surface area contributed by atoms with Crippen LogP contribution in [0.2, 0.25) is 0 Å². The van der Waals surface area contributed by atoms with Crippen molar-refractivity contribution in [3.63, 3.8) is 0 Å². The molecule has 136 valence electrons. The van der Waals surface area contributed by atoms with Gasteiger partial charge >= 0.3 is 0 Å². The van der Waals surface area contributed by atoms with E-state index in [-0.39, 0.29) is 47.1 Å². The first-order chi connectivity index (χ1) is 13.0. The van der Waals surface area contributed by atoms with Gasteiger partial charge in [0.2, 0.25) is 0 Å². The quantitative estimate of drug-likeness (QED) is 0.597. The summed E-state index contributed by atoms with van der Waals surface area (Å²) in [5, 5.41) is 22.0. The fraction of sp³-hybridized carbons (Fsp3) is 0.100. The van der Waals surface area contributed by atoms with Gasteiger partial charge in [0.1, 0.15) is 34.0 Å². The highest BCUT2D eigenvalue weighted by molar-refractivity contribution is 5.86. The van der Waals surface area contributed by atoms with E-state index in [9.17, 15) is 19.8 Å². The molecule has 3 N–H and O–H groups in total. The van der Waals surface area contributed by atoms with Crippen LogP contribution in [0.3, 0.4) is 0 Å². The summed E-state index contributed by atoms with van der Waals surface area (Å²) in [6.45, 7) is -0.232. The van der Waals surface area contributed by atoms with Gasteiger partial charge < -0.3 is 24.7 Å². The maximum Gasteiger partial charge on any atom is 0.258 e. The number of carbonyl (C=O) groups is 1. The van der Waals surface area contributed by atoms with E-state index < -0.39 is 11.3 Å². The molecule has 2 aromatic carbocycles. The molecule has 1 heterocycles. The molecule has 0 saturated heterocycles. The number of benzene rings is 2. The molecule has 1 amide bonds. The Kier molecular flexibility index (Phi) is 4.99. The molecule has 0 spiro atoms. The molecule has 1 aromatic heterocycles. The van der Waals surface area contributed by atoms with E-state index >= 15 is 0 Å². The Labute approximate surface area is 153 Å². The molecule has 27 heavy (non-hydrogen) atoms. The van der Waals surface area contributed by atoms with Crippen molar-refractivity contribution in [1.82, 2.24) is 5.32 Å². The molecule has 3 aromatic rings. The van der Waals surface area contributed by atoms with Gasteiger partial charge in [-0.3, -0.25) is 9.59 Å². The van der Waals surface area contributed by atoms with E-state index in [4.69, 9.17) is 15.6 Å². The summed E-state index contributed by atoms with van der Waals surface area (Å²) in [6.07, 6.45) is 5.06. The molecule has 0 fully saturated rings. The third kappa shape index (κ3) is 4.02. The van der Waals surface area contributed by atoms with Crippen molar-refractivity contribution in [3.05, 3.63) is 52.7 Å². The number of hydrogen-bond acceptors (Lipinski definition) is 6. The molecule has 0 aliphatic heterocycles. The van der Waals surface area contributed by atoms with Crippen molar-refractivity contribution in [1.29, 1.82) is 0 Å². The van der Waals surface area contributed by atoms with Gasteiger partial charge in [-0.2, -0.15) is 0 Å². The molecule has 0 saturated carbocycles. The minimum absolute atomic E-state index is 0.00154. The third-order valence-electron chi connectivity index (χ3n) is 3.69. The van der Waals surface area contributed by atoms with E-state index in [0.717, 1.165) is 0 Å². The van der Waals surface area contributed by atoms with Crippen LogP contribution in [-0.2, 0) is 4.79 Å². The second-order valence-corrected chi connectivity index (χ2v) is 5.61. The van der Waals surface area contributed by atoms with Crippen molar-refractivity contribution < 1.29 is 24.2 Å². The van der Waals surface area contributed by atoms with E-state index in [0.29, 0.717) is 5.56 Å². The Bertz CT molecular complexity index is 1090. The lowest BCUT2D eigenvalue weighted by molar-refractivity contribution is -0.122. The maximum atomic E-state index is 12.4. The van der Waals surface area contributed by atoms with Crippen LogP contribution in [0.5, 0.6) is 17.2 Å². The minimum Gasteiger partial charge on any atom is -0.508 e. The fourth-order valence-corrected chi connectivity index (χ4v) is 2.44.